The van der Waals surface area contributed by atoms with E-state index in [9.17, 15) is 0 Å². The third-order valence-corrected chi connectivity index (χ3v) is 11.8. The maximum Gasteiger partial charge on any atom is 0.160 e. The lowest BCUT2D eigenvalue weighted by atomic mass is 9.93. The van der Waals surface area contributed by atoms with Crippen LogP contribution in [0.2, 0.25) is 0 Å². The molecule has 0 radical (unpaired) electrons. The summed E-state index contributed by atoms with van der Waals surface area (Å²) in [6.45, 7) is 0. The van der Waals surface area contributed by atoms with Crippen molar-refractivity contribution in [2.24, 2.45) is 0 Å². The minimum atomic E-state index is 0.683. The van der Waals surface area contributed by atoms with E-state index in [1.54, 1.807) is 6.20 Å². The van der Waals surface area contributed by atoms with Gasteiger partial charge in [-0.15, -0.1) is 11.3 Å². The molecular formula is C51H31N3OS. The predicted molar refractivity (Wildman–Crippen MR) is 233 cm³/mol. The topological polar surface area (TPSA) is 51.8 Å². The number of hydrogen-bond donors (Lipinski definition) is 0. The number of fused-ring (bicyclic) bond motifs is 6. The molecule has 0 saturated heterocycles. The van der Waals surface area contributed by atoms with E-state index < -0.39 is 0 Å². The van der Waals surface area contributed by atoms with Crippen LogP contribution in [-0.2, 0) is 0 Å². The van der Waals surface area contributed by atoms with Gasteiger partial charge in [-0.2, -0.15) is 0 Å². The van der Waals surface area contributed by atoms with Crippen LogP contribution in [-0.4, -0.2) is 15.0 Å². The van der Waals surface area contributed by atoms with Crippen molar-refractivity contribution >= 4 is 53.4 Å². The van der Waals surface area contributed by atoms with Crippen molar-refractivity contribution in [3.05, 3.63) is 188 Å². The van der Waals surface area contributed by atoms with E-state index in [1.165, 1.54) is 31.3 Å². The minimum absolute atomic E-state index is 0.683. The first-order chi connectivity index (χ1) is 27.7. The molecule has 4 heterocycles. The lowest BCUT2D eigenvalue weighted by molar-refractivity contribution is 0.670. The summed E-state index contributed by atoms with van der Waals surface area (Å²) in [5.74, 6) is 0.683. The van der Waals surface area contributed by atoms with Crippen LogP contribution in [0.25, 0.3) is 109 Å². The highest BCUT2D eigenvalue weighted by Gasteiger charge is 2.20. The van der Waals surface area contributed by atoms with Gasteiger partial charge in [-0.25, -0.2) is 9.97 Å². The molecule has 0 amide bonds. The standard InChI is InChI=1S/C51H31N3OS/c1-2-11-34(12-3-1)51-53-44(30-45(54-51)36-14-8-13-35(29-36)37-15-10-28-52-31-37)33-24-22-32(23-25-33)38-26-27-40(48-43-17-4-6-20-46(43)55-49(38)48)42-19-9-18-41-39-16-5-7-21-47(39)56-50(41)42/h1-31H. The zero-order valence-corrected chi connectivity index (χ0v) is 30.9. The Morgan fingerprint density at radius 2 is 1.11 bits per heavy atom. The normalized spacial score (nSPS) is 11.6. The molecule has 56 heavy (non-hydrogen) atoms. The first-order valence-corrected chi connectivity index (χ1v) is 19.5. The smallest absolute Gasteiger partial charge is 0.160 e. The zero-order valence-electron chi connectivity index (χ0n) is 30.1. The summed E-state index contributed by atoms with van der Waals surface area (Å²) in [5.41, 5.74) is 13.1. The molecule has 0 N–H and O–H groups in total. The Morgan fingerprint density at radius 3 is 1.96 bits per heavy atom. The van der Waals surface area contributed by atoms with Gasteiger partial charge < -0.3 is 4.42 Å². The van der Waals surface area contributed by atoms with E-state index in [-0.39, 0.29) is 0 Å². The largest absolute Gasteiger partial charge is 0.455 e. The van der Waals surface area contributed by atoms with Crippen LogP contribution < -0.4 is 0 Å². The number of nitrogens with zero attached hydrogens (tertiary/aromatic N) is 3. The second-order valence-corrected chi connectivity index (χ2v) is 15.0. The fourth-order valence-corrected chi connectivity index (χ4v) is 9.14. The number of para-hydroxylation sites is 1. The molecule has 0 aliphatic carbocycles. The van der Waals surface area contributed by atoms with Crippen molar-refractivity contribution < 1.29 is 4.42 Å². The van der Waals surface area contributed by atoms with E-state index in [0.29, 0.717) is 5.82 Å². The van der Waals surface area contributed by atoms with E-state index in [4.69, 9.17) is 14.4 Å². The van der Waals surface area contributed by atoms with Crippen LogP contribution >= 0.6 is 11.3 Å². The Labute approximate surface area is 327 Å². The Balaban J connectivity index is 1.03. The first-order valence-electron chi connectivity index (χ1n) is 18.7. The maximum absolute atomic E-state index is 6.74. The third-order valence-electron chi connectivity index (χ3n) is 10.6. The first kappa shape index (κ1) is 32.2. The molecule has 0 aliphatic heterocycles. The Morgan fingerprint density at radius 1 is 0.429 bits per heavy atom. The van der Waals surface area contributed by atoms with Gasteiger partial charge in [0.15, 0.2) is 5.82 Å². The Hall–Kier alpha value is -7.21. The molecule has 262 valence electrons. The van der Waals surface area contributed by atoms with Crippen LogP contribution in [0.15, 0.2) is 193 Å². The van der Waals surface area contributed by atoms with Gasteiger partial charge >= 0.3 is 0 Å². The summed E-state index contributed by atoms with van der Waals surface area (Å²) >= 11 is 1.85. The van der Waals surface area contributed by atoms with Crippen LogP contribution in [0, 0.1) is 0 Å². The quantitative estimate of drug-likeness (QED) is 0.171. The summed E-state index contributed by atoms with van der Waals surface area (Å²) in [7, 11) is 0. The monoisotopic (exact) mass is 733 g/mol. The highest BCUT2D eigenvalue weighted by molar-refractivity contribution is 7.26. The molecule has 0 saturated carbocycles. The molecule has 0 aliphatic rings. The number of thiophene rings is 1. The SMILES string of the molecule is c1ccc(-c2nc(-c3ccc(-c4ccc(-c5cccc6c5sc5ccccc56)c5c4oc4ccccc45)cc3)cc(-c3cccc(-c4cccnc4)c3)n2)cc1. The molecule has 0 bridgehead atoms. The highest BCUT2D eigenvalue weighted by Crippen LogP contribution is 2.46. The zero-order chi connectivity index (χ0) is 37.0. The second-order valence-electron chi connectivity index (χ2n) is 14.0. The van der Waals surface area contributed by atoms with E-state index in [0.717, 1.165) is 72.3 Å². The summed E-state index contributed by atoms with van der Waals surface area (Å²) in [6, 6.07) is 61.6. The number of furan rings is 1. The fraction of sp³-hybridized carbons (Fsp3) is 0. The molecule has 11 rings (SSSR count). The molecular weight excluding hydrogens is 703 g/mol. The third kappa shape index (κ3) is 5.48. The lowest BCUT2D eigenvalue weighted by Crippen LogP contribution is -1.96. The molecule has 0 fully saturated rings. The number of aromatic nitrogens is 3. The van der Waals surface area contributed by atoms with Crippen molar-refractivity contribution in [3.8, 4) is 67.3 Å². The van der Waals surface area contributed by atoms with Gasteiger partial charge in [0.2, 0.25) is 0 Å². The lowest BCUT2D eigenvalue weighted by Gasteiger charge is -2.12. The summed E-state index contributed by atoms with van der Waals surface area (Å²) in [6.07, 6.45) is 3.68. The van der Waals surface area contributed by atoms with Crippen LogP contribution in [0.5, 0.6) is 0 Å². The molecule has 0 spiro atoms. The fourth-order valence-electron chi connectivity index (χ4n) is 7.91. The van der Waals surface area contributed by atoms with E-state index in [2.05, 4.69) is 151 Å². The van der Waals surface area contributed by atoms with Gasteiger partial charge in [0.05, 0.1) is 11.4 Å². The molecule has 5 heteroatoms. The Bertz CT molecular complexity index is 3240. The second kappa shape index (κ2) is 13.3. The number of benzene rings is 7. The molecule has 4 nitrogen and oxygen atoms in total. The summed E-state index contributed by atoms with van der Waals surface area (Å²) in [4.78, 5) is 14.5. The van der Waals surface area contributed by atoms with Crippen molar-refractivity contribution in [3.63, 3.8) is 0 Å². The van der Waals surface area contributed by atoms with Gasteiger partial charge in [0.25, 0.3) is 0 Å². The van der Waals surface area contributed by atoms with Crippen LogP contribution in [0.1, 0.15) is 0 Å². The Kier molecular flexibility index (Phi) is 7.64. The maximum atomic E-state index is 6.74. The average molecular weight is 734 g/mol. The molecule has 0 atom stereocenters. The van der Waals surface area contributed by atoms with Crippen LogP contribution in [0.3, 0.4) is 0 Å². The molecule has 7 aromatic carbocycles. The predicted octanol–water partition coefficient (Wildman–Crippen LogP) is 14.1. The van der Waals surface area contributed by atoms with Gasteiger partial charge in [0, 0.05) is 76.7 Å². The number of rotatable bonds is 6. The summed E-state index contributed by atoms with van der Waals surface area (Å²) < 4.78 is 9.32. The number of hydrogen-bond acceptors (Lipinski definition) is 5. The van der Waals surface area contributed by atoms with Crippen molar-refractivity contribution in [2.45, 2.75) is 0 Å². The van der Waals surface area contributed by atoms with Crippen LogP contribution in [0.4, 0.5) is 0 Å². The molecule has 0 unspecified atom stereocenters. The van der Waals surface area contributed by atoms with Gasteiger partial charge in [-0.1, -0.05) is 140 Å². The van der Waals surface area contributed by atoms with E-state index >= 15 is 0 Å². The van der Waals surface area contributed by atoms with Gasteiger partial charge in [-0.05, 0) is 53.1 Å². The molecule has 11 aromatic rings. The minimum Gasteiger partial charge on any atom is -0.455 e. The van der Waals surface area contributed by atoms with E-state index in [1.807, 2.05) is 47.9 Å². The van der Waals surface area contributed by atoms with Crippen molar-refractivity contribution in [1.82, 2.24) is 15.0 Å². The number of pyridine rings is 1. The van der Waals surface area contributed by atoms with Crippen molar-refractivity contribution in [1.29, 1.82) is 0 Å². The molecule has 4 aromatic heterocycles. The highest BCUT2D eigenvalue weighted by atomic mass is 32.1. The van der Waals surface area contributed by atoms with Gasteiger partial charge in [-0.3, -0.25) is 4.98 Å². The van der Waals surface area contributed by atoms with Crippen molar-refractivity contribution in [2.75, 3.05) is 0 Å². The van der Waals surface area contributed by atoms with Gasteiger partial charge in [0.1, 0.15) is 11.2 Å². The average Bonchev–Trinajstić information content (AvgIpc) is 3.86. The summed E-state index contributed by atoms with van der Waals surface area (Å²) in [5, 5.41) is 4.83.